The first kappa shape index (κ1) is 23.8. The van der Waals surface area contributed by atoms with E-state index >= 15 is 0 Å². The first-order chi connectivity index (χ1) is 15.8. The van der Waals surface area contributed by atoms with E-state index in [1.54, 1.807) is 37.4 Å². The molecule has 2 aliphatic heterocycles. The number of hydrogen-bond acceptors (Lipinski definition) is 4. The van der Waals surface area contributed by atoms with E-state index in [4.69, 9.17) is 27.9 Å². The van der Waals surface area contributed by atoms with Gasteiger partial charge in [0.2, 0.25) is 5.91 Å². The summed E-state index contributed by atoms with van der Waals surface area (Å²) in [5, 5.41) is 7.05. The summed E-state index contributed by atoms with van der Waals surface area (Å²) in [5.41, 5.74) is 3.54. The van der Waals surface area contributed by atoms with Gasteiger partial charge in [-0.3, -0.25) is 4.79 Å². The summed E-state index contributed by atoms with van der Waals surface area (Å²) in [4.78, 5) is 30.0. The Morgan fingerprint density at radius 2 is 1.76 bits per heavy atom. The van der Waals surface area contributed by atoms with Crippen LogP contribution in [-0.4, -0.2) is 67.7 Å². The molecule has 2 aromatic rings. The van der Waals surface area contributed by atoms with Crippen molar-refractivity contribution in [2.75, 3.05) is 44.4 Å². The van der Waals surface area contributed by atoms with Crippen LogP contribution in [0.3, 0.4) is 0 Å². The van der Waals surface area contributed by atoms with Crippen molar-refractivity contribution >= 4 is 46.5 Å². The number of amides is 3. The second-order valence-electron chi connectivity index (χ2n) is 8.59. The molecule has 176 valence electrons. The van der Waals surface area contributed by atoms with E-state index in [1.807, 2.05) is 6.07 Å². The molecule has 2 aromatic carbocycles. The molecule has 0 bridgehead atoms. The minimum atomic E-state index is -0.661. The van der Waals surface area contributed by atoms with Gasteiger partial charge in [-0.15, -0.1) is 0 Å². The fourth-order valence-electron chi connectivity index (χ4n) is 4.39. The Labute approximate surface area is 204 Å². The van der Waals surface area contributed by atoms with Crippen molar-refractivity contribution in [3.8, 4) is 0 Å². The van der Waals surface area contributed by atoms with Gasteiger partial charge in [-0.2, -0.15) is 0 Å². The molecule has 2 atom stereocenters. The van der Waals surface area contributed by atoms with Crippen LogP contribution in [-0.2, 0) is 22.4 Å². The number of likely N-dealkylation sites (tertiary alicyclic amines) is 1. The highest BCUT2D eigenvalue weighted by Gasteiger charge is 2.40. The van der Waals surface area contributed by atoms with Crippen LogP contribution in [0, 0.1) is 0 Å². The summed E-state index contributed by atoms with van der Waals surface area (Å²) in [6.07, 6.45) is 1.96. The number of fused-ring (bicyclic) bond motifs is 1. The van der Waals surface area contributed by atoms with Crippen LogP contribution in [0.25, 0.3) is 0 Å². The third kappa shape index (κ3) is 5.61. The summed E-state index contributed by atoms with van der Waals surface area (Å²) in [6.45, 7) is 2.22. The van der Waals surface area contributed by atoms with Gasteiger partial charge < -0.3 is 25.2 Å². The summed E-state index contributed by atoms with van der Waals surface area (Å²) in [5.74, 6) is -0.262. The highest BCUT2D eigenvalue weighted by molar-refractivity contribution is 6.32. The van der Waals surface area contributed by atoms with Crippen LogP contribution < -0.4 is 10.6 Å². The minimum Gasteiger partial charge on any atom is -0.380 e. The number of methoxy groups -OCH3 is 1. The molecule has 3 amide bonds. The van der Waals surface area contributed by atoms with E-state index in [0.29, 0.717) is 34.4 Å². The molecule has 4 rings (SSSR count). The molecule has 1 saturated heterocycles. The van der Waals surface area contributed by atoms with Crippen molar-refractivity contribution in [1.82, 2.24) is 9.80 Å². The van der Waals surface area contributed by atoms with Crippen LogP contribution in [0.15, 0.2) is 36.4 Å². The van der Waals surface area contributed by atoms with Crippen LogP contribution >= 0.6 is 23.2 Å². The van der Waals surface area contributed by atoms with Gasteiger partial charge in [-0.25, -0.2) is 4.79 Å². The number of carbonyl (C=O) groups is 2. The highest BCUT2D eigenvalue weighted by Crippen LogP contribution is 2.29. The van der Waals surface area contributed by atoms with Crippen LogP contribution in [0.4, 0.5) is 16.2 Å². The smallest absolute Gasteiger partial charge is 0.322 e. The second-order valence-corrected chi connectivity index (χ2v) is 9.43. The standard InChI is InChI=1S/C24H28Cl2N4O3/c1-29-9-7-15-11-18(12-21(26)20(15)8-10-29)27-23(31)22-13-19(33-2)14-30(22)24(32)28-17-5-3-16(25)4-6-17/h3-6,11-12,19,22H,7-10,13-14H2,1-2H3,(H,27,31)(H,28,32)/t19-,22-/m1/s1. The number of halogens is 2. The number of likely N-dealkylation sites (N-methyl/N-ethyl adjacent to an activating group) is 1. The van der Waals surface area contributed by atoms with E-state index < -0.39 is 6.04 Å². The third-order valence-electron chi connectivity index (χ3n) is 6.32. The average molecular weight is 491 g/mol. The van der Waals surface area contributed by atoms with Crippen molar-refractivity contribution in [3.63, 3.8) is 0 Å². The number of urea groups is 1. The third-order valence-corrected chi connectivity index (χ3v) is 6.91. The lowest BCUT2D eigenvalue weighted by molar-refractivity contribution is -0.119. The number of benzene rings is 2. The summed E-state index contributed by atoms with van der Waals surface area (Å²) >= 11 is 12.5. The van der Waals surface area contributed by atoms with Crippen LogP contribution in [0.2, 0.25) is 10.0 Å². The normalized spacial score (nSPS) is 20.8. The predicted molar refractivity (Wildman–Crippen MR) is 131 cm³/mol. The Kier molecular flexibility index (Phi) is 7.44. The Morgan fingerprint density at radius 3 is 2.48 bits per heavy atom. The van der Waals surface area contributed by atoms with E-state index in [9.17, 15) is 9.59 Å². The van der Waals surface area contributed by atoms with E-state index in [1.165, 1.54) is 4.90 Å². The molecular formula is C24H28Cl2N4O3. The molecule has 33 heavy (non-hydrogen) atoms. The van der Waals surface area contributed by atoms with Crippen molar-refractivity contribution in [2.24, 2.45) is 0 Å². The van der Waals surface area contributed by atoms with Gasteiger partial charge in [0.05, 0.1) is 6.10 Å². The predicted octanol–water partition coefficient (Wildman–Crippen LogP) is 4.28. The van der Waals surface area contributed by atoms with Gasteiger partial charge in [-0.1, -0.05) is 23.2 Å². The van der Waals surface area contributed by atoms with E-state index in [0.717, 1.165) is 37.1 Å². The molecule has 0 spiro atoms. The van der Waals surface area contributed by atoms with Crippen LogP contribution in [0.1, 0.15) is 17.5 Å². The molecule has 0 unspecified atom stereocenters. The van der Waals surface area contributed by atoms with E-state index in [2.05, 4.69) is 22.6 Å². The van der Waals surface area contributed by atoms with Gasteiger partial charge in [0, 0.05) is 54.6 Å². The first-order valence-electron chi connectivity index (χ1n) is 11.0. The number of carbonyl (C=O) groups excluding carboxylic acids is 2. The second kappa shape index (κ2) is 10.3. The monoisotopic (exact) mass is 490 g/mol. The van der Waals surface area contributed by atoms with Gasteiger partial charge in [0.15, 0.2) is 0 Å². The van der Waals surface area contributed by atoms with Crippen molar-refractivity contribution in [1.29, 1.82) is 0 Å². The lowest BCUT2D eigenvalue weighted by Gasteiger charge is -2.24. The largest absolute Gasteiger partial charge is 0.380 e. The fourth-order valence-corrected chi connectivity index (χ4v) is 4.85. The first-order valence-corrected chi connectivity index (χ1v) is 11.8. The zero-order valence-electron chi connectivity index (χ0n) is 18.7. The zero-order valence-corrected chi connectivity index (χ0v) is 20.2. The Bertz CT molecular complexity index is 1030. The SMILES string of the molecule is CO[C@@H]1C[C@H](C(=O)Nc2cc(Cl)c3c(c2)CCN(C)CC3)N(C(=O)Nc2ccc(Cl)cc2)C1. The molecule has 0 aromatic heterocycles. The summed E-state index contributed by atoms with van der Waals surface area (Å²) in [7, 11) is 3.68. The van der Waals surface area contributed by atoms with Gasteiger partial charge >= 0.3 is 6.03 Å². The molecular weight excluding hydrogens is 463 g/mol. The molecule has 2 heterocycles. The molecule has 7 nitrogen and oxygen atoms in total. The van der Waals surface area contributed by atoms with Crippen molar-refractivity contribution < 1.29 is 14.3 Å². The van der Waals surface area contributed by atoms with Crippen molar-refractivity contribution in [3.05, 3.63) is 57.6 Å². The lowest BCUT2D eigenvalue weighted by Crippen LogP contribution is -2.45. The highest BCUT2D eigenvalue weighted by atomic mass is 35.5. The van der Waals surface area contributed by atoms with Crippen molar-refractivity contribution in [2.45, 2.75) is 31.4 Å². The van der Waals surface area contributed by atoms with Gasteiger partial charge in [0.1, 0.15) is 6.04 Å². The molecule has 2 aliphatic rings. The summed E-state index contributed by atoms with van der Waals surface area (Å²) < 4.78 is 5.46. The van der Waals surface area contributed by atoms with Crippen LogP contribution in [0.5, 0.6) is 0 Å². The fraction of sp³-hybridized carbons (Fsp3) is 0.417. The number of ether oxygens (including phenoxy) is 1. The number of anilines is 2. The van der Waals surface area contributed by atoms with E-state index in [-0.39, 0.29) is 18.0 Å². The maximum absolute atomic E-state index is 13.2. The molecule has 0 aliphatic carbocycles. The number of nitrogens with zero attached hydrogens (tertiary/aromatic N) is 2. The average Bonchev–Trinajstić information content (AvgIpc) is 3.14. The van der Waals surface area contributed by atoms with Gasteiger partial charge in [0.25, 0.3) is 0 Å². The number of nitrogens with one attached hydrogen (secondary N) is 2. The molecule has 9 heteroatoms. The Hall–Kier alpha value is -2.32. The zero-order chi connectivity index (χ0) is 23.5. The lowest BCUT2D eigenvalue weighted by atomic mass is 10.0. The molecule has 0 saturated carbocycles. The van der Waals surface area contributed by atoms with Gasteiger partial charge in [-0.05, 0) is 67.4 Å². The molecule has 1 fully saturated rings. The Balaban J connectivity index is 1.49. The molecule has 0 radical (unpaired) electrons. The summed E-state index contributed by atoms with van der Waals surface area (Å²) in [6, 6.07) is 9.60. The maximum atomic E-state index is 13.2. The minimum absolute atomic E-state index is 0.220. The molecule has 2 N–H and O–H groups in total. The topological polar surface area (TPSA) is 73.9 Å². The quantitative estimate of drug-likeness (QED) is 0.670. The Morgan fingerprint density at radius 1 is 1.03 bits per heavy atom. The maximum Gasteiger partial charge on any atom is 0.322 e. The number of hydrogen-bond donors (Lipinski definition) is 2. The number of rotatable bonds is 4.